The minimum atomic E-state index is -0.829. The van der Waals surface area contributed by atoms with Crippen molar-refractivity contribution in [1.82, 2.24) is 10.6 Å². The molecule has 0 heterocycles. The van der Waals surface area contributed by atoms with E-state index in [9.17, 15) is 14.0 Å². The molecule has 1 aromatic rings. The second kappa shape index (κ2) is 7.22. The standard InChI is InChI=1S/C16H20BrFN2O2/c1-11(21)20-16(7-3-2-4-8-16)15(22)19-10-12-9-13(18)5-6-14(12)17/h5-6,9H,2-4,7-8,10H2,1H3,(H,19,22)(H,20,21). The zero-order valence-electron chi connectivity index (χ0n) is 12.5. The summed E-state index contributed by atoms with van der Waals surface area (Å²) in [6.45, 7) is 1.64. The molecule has 0 radical (unpaired) electrons. The Bertz CT molecular complexity index is 571. The maximum atomic E-state index is 13.3. The first-order valence-electron chi connectivity index (χ1n) is 7.44. The molecule has 2 N–H and O–H groups in total. The number of hydrogen-bond donors (Lipinski definition) is 2. The molecule has 22 heavy (non-hydrogen) atoms. The molecule has 1 aromatic carbocycles. The summed E-state index contributed by atoms with van der Waals surface area (Å²) < 4.78 is 14.0. The number of nitrogens with one attached hydrogen (secondary N) is 2. The maximum Gasteiger partial charge on any atom is 0.246 e. The van der Waals surface area contributed by atoms with Crippen LogP contribution in [0.5, 0.6) is 0 Å². The third kappa shape index (κ3) is 4.06. The number of carbonyl (C=O) groups excluding carboxylic acids is 2. The minimum Gasteiger partial charge on any atom is -0.350 e. The van der Waals surface area contributed by atoms with Crippen LogP contribution in [-0.4, -0.2) is 17.4 Å². The second-order valence-corrected chi connectivity index (χ2v) is 6.60. The van der Waals surface area contributed by atoms with Gasteiger partial charge in [-0.3, -0.25) is 9.59 Å². The van der Waals surface area contributed by atoms with Crippen molar-refractivity contribution >= 4 is 27.7 Å². The summed E-state index contributed by atoms with van der Waals surface area (Å²) in [5.74, 6) is -0.746. The van der Waals surface area contributed by atoms with Crippen LogP contribution in [0, 0.1) is 5.82 Å². The Balaban J connectivity index is 2.08. The molecule has 2 rings (SSSR count). The van der Waals surface area contributed by atoms with E-state index in [1.54, 1.807) is 6.07 Å². The fourth-order valence-corrected chi connectivity index (χ4v) is 3.31. The fourth-order valence-electron chi connectivity index (χ4n) is 2.92. The molecule has 0 aromatic heterocycles. The van der Waals surface area contributed by atoms with Crippen molar-refractivity contribution < 1.29 is 14.0 Å². The average molecular weight is 371 g/mol. The van der Waals surface area contributed by atoms with Crippen LogP contribution in [-0.2, 0) is 16.1 Å². The molecule has 0 bridgehead atoms. The van der Waals surface area contributed by atoms with Crippen molar-refractivity contribution in [3.8, 4) is 0 Å². The topological polar surface area (TPSA) is 58.2 Å². The van der Waals surface area contributed by atoms with E-state index in [4.69, 9.17) is 0 Å². The molecule has 1 aliphatic rings. The average Bonchev–Trinajstić information content (AvgIpc) is 2.48. The van der Waals surface area contributed by atoms with E-state index < -0.39 is 5.54 Å². The van der Waals surface area contributed by atoms with Gasteiger partial charge in [-0.2, -0.15) is 0 Å². The fraction of sp³-hybridized carbons (Fsp3) is 0.500. The Hall–Kier alpha value is -1.43. The second-order valence-electron chi connectivity index (χ2n) is 5.74. The van der Waals surface area contributed by atoms with Gasteiger partial charge in [0, 0.05) is 17.9 Å². The van der Waals surface area contributed by atoms with Gasteiger partial charge >= 0.3 is 0 Å². The Morgan fingerprint density at radius 3 is 2.59 bits per heavy atom. The summed E-state index contributed by atoms with van der Waals surface area (Å²) in [6, 6.07) is 4.35. The number of amides is 2. The van der Waals surface area contributed by atoms with E-state index in [0.29, 0.717) is 18.4 Å². The van der Waals surface area contributed by atoms with Crippen LogP contribution >= 0.6 is 15.9 Å². The quantitative estimate of drug-likeness (QED) is 0.855. The summed E-state index contributed by atoms with van der Waals surface area (Å²) in [4.78, 5) is 24.0. The van der Waals surface area contributed by atoms with E-state index in [1.165, 1.54) is 19.1 Å². The zero-order chi connectivity index (χ0) is 16.2. The van der Waals surface area contributed by atoms with Gasteiger partial charge < -0.3 is 10.6 Å². The monoisotopic (exact) mass is 370 g/mol. The molecule has 0 spiro atoms. The van der Waals surface area contributed by atoms with Gasteiger partial charge in [-0.15, -0.1) is 0 Å². The lowest BCUT2D eigenvalue weighted by Crippen LogP contribution is -2.59. The lowest BCUT2D eigenvalue weighted by Gasteiger charge is -2.36. The molecule has 1 fully saturated rings. The van der Waals surface area contributed by atoms with Crippen LogP contribution in [0.3, 0.4) is 0 Å². The first kappa shape index (κ1) is 16.9. The van der Waals surface area contributed by atoms with Crippen LogP contribution in [0.4, 0.5) is 4.39 Å². The van der Waals surface area contributed by atoms with Gasteiger partial charge in [0.15, 0.2) is 0 Å². The molecule has 0 aliphatic heterocycles. The highest BCUT2D eigenvalue weighted by Gasteiger charge is 2.39. The highest BCUT2D eigenvalue weighted by atomic mass is 79.9. The third-order valence-electron chi connectivity index (χ3n) is 4.00. The Kier molecular flexibility index (Phi) is 5.56. The van der Waals surface area contributed by atoms with E-state index in [0.717, 1.165) is 23.7 Å². The molecule has 120 valence electrons. The van der Waals surface area contributed by atoms with E-state index in [1.807, 2.05) is 0 Å². The predicted molar refractivity (Wildman–Crippen MR) is 85.6 cm³/mol. The van der Waals surface area contributed by atoms with E-state index >= 15 is 0 Å². The van der Waals surface area contributed by atoms with Crippen LogP contribution < -0.4 is 10.6 Å². The molecule has 2 amide bonds. The van der Waals surface area contributed by atoms with Crippen molar-refractivity contribution in [1.29, 1.82) is 0 Å². The van der Waals surface area contributed by atoms with E-state index in [2.05, 4.69) is 26.6 Å². The maximum absolute atomic E-state index is 13.3. The SMILES string of the molecule is CC(=O)NC1(C(=O)NCc2cc(F)ccc2Br)CCCCC1. The molecular weight excluding hydrogens is 351 g/mol. The van der Waals surface area contributed by atoms with Gasteiger partial charge in [0.1, 0.15) is 11.4 Å². The molecule has 0 atom stereocenters. The van der Waals surface area contributed by atoms with Crippen molar-refractivity contribution in [2.24, 2.45) is 0 Å². The summed E-state index contributed by atoms with van der Waals surface area (Å²) in [5.41, 5.74) is -0.161. The molecule has 4 nitrogen and oxygen atoms in total. The lowest BCUT2D eigenvalue weighted by atomic mass is 9.80. The van der Waals surface area contributed by atoms with Crippen LogP contribution in [0.1, 0.15) is 44.6 Å². The summed E-state index contributed by atoms with van der Waals surface area (Å²) in [5, 5.41) is 5.65. The van der Waals surface area contributed by atoms with Gasteiger partial charge in [-0.1, -0.05) is 35.2 Å². The first-order valence-corrected chi connectivity index (χ1v) is 8.23. The summed E-state index contributed by atoms with van der Waals surface area (Å²) in [6.07, 6.45) is 4.18. The highest BCUT2D eigenvalue weighted by molar-refractivity contribution is 9.10. The molecule has 1 aliphatic carbocycles. The predicted octanol–water partition coefficient (Wildman–Crippen LogP) is 3.04. The number of carbonyl (C=O) groups is 2. The van der Waals surface area contributed by atoms with Gasteiger partial charge in [0.05, 0.1) is 0 Å². The Morgan fingerprint density at radius 2 is 1.95 bits per heavy atom. The Labute approximate surface area is 138 Å². The highest BCUT2D eigenvalue weighted by Crippen LogP contribution is 2.29. The van der Waals surface area contributed by atoms with Crippen molar-refractivity contribution in [2.75, 3.05) is 0 Å². The number of halogens is 2. The molecule has 0 saturated heterocycles. The van der Waals surface area contributed by atoms with Gasteiger partial charge in [-0.25, -0.2) is 4.39 Å². The van der Waals surface area contributed by atoms with Crippen molar-refractivity contribution in [2.45, 2.75) is 51.1 Å². The van der Waals surface area contributed by atoms with Gasteiger partial charge in [0.2, 0.25) is 11.8 Å². The van der Waals surface area contributed by atoms with Gasteiger partial charge in [-0.05, 0) is 36.6 Å². The normalized spacial score (nSPS) is 16.9. The molecule has 1 saturated carbocycles. The third-order valence-corrected chi connectivity index (χ3v) is 4.78. The lowest BCUT2D eigenvalue weighted by molar-refractivity contribution is -0.134. The number of rotatable bonds is 4. The summed E-state index contributed by atoms with van der Waals surface area (Å²) >= 11 is 3.34. The van der Waals surface area contributed by atoms with E-state index in [-0.39, 0.29) is 24.2 Å². The van der Waals surface area contributed by atoms with Crippen molar-refractivity contribution in [3.05, 3.63) is 34.1 Å². The van der Waals surface area contributed by atoms with Crippen LogP contribution in [0.25, 0.3) is 0 Å². The van der Waals surface area contributed by atoms with Gasteiger partial charge in [0.25, 0.3) is 0 Å². The smallest absolute Gasteiger partial charge is 0.246 e. The molecule has 6 heteroatoms. The van der Waals surface area contributed by atoms with Crippen LogP contribution in [0.15, 0.2) is 22.7 Å². The first-order chi connectivity index (χ1) is 10.4. The number of benzene rings is 1. The van der Waals surface area contributed by atoms with Crippen LogP contribution in [0.2, 0.25) is 0 Å². The number of hydrogen-bond acceptors (Lipinski definition) is 2. The minimum absolute atomic E-state index is 0.196. The Morgan fingerprint density at radius 1 is 1.27 bits per heavy atom. The summed E-state index contributed by atoms with van der Waals surface area (Å²) in [7, 11) is 0. The zero-order valence-corrected chi connectivity index (χ0v) is 14.1. The largest absolute Gasteiger partial charge is 0.350 e. The molecular formula is C16H20BrFN2O2. The van der Waals surface area contributed by atoms with Crippen molar-refractivity contribution in [3.63, 3.8) is 0 Å². The molecule has 0 unspecified atom stereocenters.